The van der Waals surface area contributed by atoms with E-state index < -0.39 is 0 Å². The number of phenolic OH excluding ortho intramolecular Hbond substituents is 1. The van der Waals surface area contributed by atoms with E-state index >= 15 is 0 Å². The number of hydrogen-bond donors (Lipinski definition) is 2. The Kier molecular flexibility index (Phi) is 6.39. The standard InChI is InChI=1S/C22H21ClN2O2S/c1-15-19(23)10-6-11-20(15)24-22(28)25(14-16-7-3-4-12-21(16)26)17-8-5-9-18(13-17)27-2/h3-13,26H,14H2,1-2H3,(H,24,28). The number of nitrogens with one attached hydrogen (secondary N) is 1. The molecule has 0 aliphatic heterocycles. The lowest BCUT2D eigenvalue weighted by atomic mass is 10.1. The van der Waals surface area contributed by atoms with Crippen molar-refractivity contribution in [2.45, 2.75) is 13.5 Å². The zero-order valence-corrected chi connectivity index (χ0v) is 17.2. The van der Waals surface area contributed by atoms with Crippen LogP contribution in [0.1, 0.15) is 11.1 Å². The van der Waals surface area contributed by atoms with Crippen molar-refractivity contribution in [3.63, 3.8) is 0 Å². The van der Waals surface area contributed by atoms with Crippen LogP contribution in [0.4, 0.5) is 11.4 Å². The number of rotatable bonds is 5. The van der Waals surface area contributed by atoms with Gasteiger partial charge in [-0.1, -0.05) is 41.9 Å². The molecule has 3 rings (SSSR count). The van der Waals surface area contributed by atoms with Crippen LogP contribution in [0.3, 0.4) is 0 Å². The molecule has 0 aliphatic carbocycles. The number of benzene rings is 3. The number of halogens is 1. The maximum Gasteiger partial charge on any atom is 0.178 e. The summed E-state index contributed by atoms with van der Waals surface area (Å²) < 4.78 is 5.35. The number of nitrogens with zero attached hydrogens (tertiary/aromatic N) is 1. The van der Waals surface area contributed by atoms with Crippen LogP contribution in [-0.2, 0) is 6.54 Å². The van der Waals surface area contributed by atoms with E-state index in [0.29, 0.717) is 16.7 Å². The highest BCUT2D eigenvalue weighted by Gasteiger charge is 2.17. The molecule has 2 N–H and O–H groups in total. The highest BCUT2D eigenvalue weighted by atomic mass is 35.5. The Bertz CT molecular complexity index is 994. The summed E-state index contributed by atoms with van der Waals surface area (Å²) >= 11 is 12.0. The van der Waals surface area contributed by atoms with Gasteiger partial charge in [0.25, 0.3) is 0 Å². The second-order valence-corrected chi connectivity index (χ2v) is 7.05. The maximum atomic E-state index is 10.2. The third-order valence-electron chi connectivity index (χ3n) is 4.44. The summed E-state index contributed by atoms with van der Waals surface area (Å²) in [7, 11) is 1.62. The molecule has 144 valence electrons. The Morgan fingerprint density at radius 1 is 1.11 bits per heavy atom. The highest BCUT2D eigenvalue weighted by molar-refractivity contribution is 7.80. The minimum atomic E-state index is 0.220. The summed E-state index contributed by atoms with van der Waals surface area (Å²) in [6, 6.07) is 20.5. The molecular weight excluding hydrogens is 392 g/mol. The van der Waals surface area contributed by atoms with Crippen molar-refractivity contribution >= 4 is 40.3 Å². The topological polar surface area (TPSA) is 44.7 Å². The van der Waals surface area contributed by atoms with Gasteiger partial charge in [0.1, 0.15) is 11.5 Å². The zero-order valence-electron chi connectivity index (χ0n) is 15.6. The van der Waals surface area contributed by atoms with Crippen LogP contribution in [0.5, 0.6) is 11.5 Å². The predicted octanol–water partition coefficient (Wildman–Crippen LogP) is 5.77. The molecule has 0 heterocycles. The lowest BCUT2D eigenvalue weighted by Gasteiger charge is -2.27. The predicted molar refractivity (Wildman–Crippen MR) is 120 cm³/mol. The molecule has 0 saturated carbocycles. The third kappa shape index (κ3) is 4.55. The molecule has 0 atom stereocenters. The Morgan fingerprint density at radius 2 is 1.86 bits per heavy atom. The number of anilines is 2. The molecule has 0 radical (unpaired) electrons. The van der Waals surface area contributed by atoms with E-state index in [0.717, 1.165) is 28.3 Å². The Labute approximate surface area is 175 Å². The quantitative estimate of drug-likeness (QED) is 0.521. The first-order valence-corrected chi connectivity index (χ1v) is 9.53. The van der Waals surface area contributed by atoms with Crippen molar-refractivity contribution in [1.29, 1.82) is 0 Å². The van der Waals surface area contributed by atoms with Crippen molar-refractivity contribution in [3.8, 4) is 11.5 Å². The molecule has 6 heteroatoms. The molecule has 0 bridgehead atoms. The van der Waals surface area contributed by atoms with Crippen molar-refractivity contribution in [3.05, 3.63) is 82.9 Å². The highest BCUT2D eigenvalue weighted by Crippen LogP contribution is 2.28. The van der Waals surface area contributed by atoms with Gasteiger partial charge in [0.15, 0.2) is 5.11 Å². The van der Waals surface area contributed by atoms with Crippen LogP contribution >= 0.6 is 23.8 Å². The number of phenols is 1. The number of hydrogen-bond acceptors (Lipinski definition) is 3. The third-order valence-corrected chi connectivity index (χ3v) is 5.17. The smallest absolute Gasteiger partial charge is 0.178 e. The van der Waals surface area contributed by atoms with E-state index in [1.807, 2.05) is 66.4 Å². The normalized spacial score (nSPS) is 10.4. The lowest BCUT2D eigenvalue weighted by Crippen LogP contribution is -2.34. The largest absolute Gasteiger partial charge is 0.508 e. The summed E-state index contributed by atoms with van der Waals surface area (Å²) in [6.45, 7) is 2.33. The van der Waals surface area contributed by atoms with Crippen LogP contribution in [0, 0.1) is 6.92 Å². The Balaban J connectivity index is 1.96. The summed E-state index contributed by atoms with van der Waals surface area (Å²) in [4.78, 5) is 1.91. The van der Waals surface area contributed by atoms with Gasteiger partial charge in [0.05, 0.1) is 13.7 Å². The molecule has 0 saturated heterocycles. The molecule has 28 heavy (non-hydrogen) atoms. The SMILES string of the molecule is COc1cccc(N(Cc2ccccc2O)C(=S)Nc2cccc(Cl)c2C)c1. The number of para-hydroxylation sites is 1. The van der Waals surface area contributed by atoms with Crippen LogP contribution in [0.15, 0.2) is 66.7 Å². The lowest BCUT2D eigenvalue weighted by molar-refractivity contribution is 0.415. The second-order valence-electron chi connectivity index (χ2n) is 6.26. The minimum absolute atomic E-state index is 0.220. The van der Waals surface area contributed by atoms with E-state index in [9.17, 15) is 5.11 Å². The van der Waals surface area contributed by atoms with Gasteiger partial charge in [0, 0.05) is 28.0 Å². The van der Waals surface area contributed by atoms with E-state index in [-0.39, 0.29) is 5.75 Å². The maximum absolute atomic E-state index is 10.2. The van der Waals surface area contributed by atoms with Crippen molar-refractivity contribution < 1.29 is 9.84 Å². The minimum Gasteiger partial charge on any atom is -0.508 e. The first kappa shape index (κ1) is 20.0. The van der Waals surface area contributed by atoms with E-state index in [2.05, 4.69) is 5.32 Å². The molecular formula is C22H21ClN2O2S. The van der Waals surface area contributed by atoms with Crippen LogP contribution in [0.2, 0.25) is 5.02 Å². The molecule has 0 spiro atoms. The van der Waals surface area contributed by atoms with Gasteiger partial charge in [-0.25, -0.2) is 0 Å². The molecule has 0 unspecified atom stereocenters. The molecule has 3 aromatic carbocycles. The number of thiocarbonyl (C=S) groups is 1. The van der Waals surface area contributed by atoms with Crippen molar-refractivity contribution in [2.75, 3.05) is 17.3 Å². The molecule has 0 aliphatic rings. The van der Waals surface area contributed by atoms with Crippen molar-refractivity contribution in [2.24, 2.45) is 0 Å². The summed E-state index contributed by atoms with van der Waals surface area (Å²) in [6.07, 6.45) is 0. The Morgan fingerprint density at radius 3 is 2.61 bits per heavy atom. The van der Waals surface area contributed by atoms with Crippen molar-refractivity contribution in [1.82, 2.24) is 0 Å². The molecule has 3 aromatic rings. The van der Waals surface area contributed by atoms with Gasteiger partial charge >= 0.3 is 0 Å². The van der Waals surface area contributed by atoms with Crippen LogP contribution < -0.4 is 15.0 Å². The van der Waals surface area contributed by atoms with Gasteiger partial charge in [0.2, 0.25) is 0 Å². The zero-order chi connectivity index (χ0) is 20.1. The summed E-state index contributed by atoms with van der Waals surface area (Å²) in [5.41, 5.74) is 3.36. The summed E-state index contributed by atoms with van der Waals surface area (Å²) in [5, 5.41) is 14.7. The number of ether oxygens (including phenoxy) is 1. The van der Waals surface area contributed by atoms with Crippen LogP contribution in [-0.4, -0.2) is 17.3 Å². The van der Waals surface area contributed by atoms with Gasteiger partial charge in [-0.2, -0.15) is 0 Å². The molecule has 0 amide bonds. The number of methoxy groups -OCH3 is 1. The van der Waals surface area contributed by atoms with E-state index in [1.54, 1.807) is 19.2 Å². The molecule has 4 nitrogen and oxygen atoms in total. The average Bonchev–Trinajstić information content (AvgIpc) is 2.70. The second kappa shape index (κ2) is 8.95. The van der Waals surface area contributed by atoms with Gasteiger partial charge in [-0.05, 0) is 55.0 Å². The fraction of sp³-hybridized carbons (Fsp3) is 0.136. The first-order chi connectivity index (χ1) is 13.5. The fourth-order valence-electron chi connectivity index (χ4n) is 2.80. The Hall–Kier alpha value is -2.76. The monoisotopic (exact) mass is 412 g/mol. The van der Waals surface area contributed by atoms with E-state index in [1.165, 1.54) is 0 Å². The molecule has 0 fully saturated rings. The fourth-order valence-corrected chi connectivity index (χ4v) is 3.25. The number of aromatic hydroxyl groups is 1. The molecule has 0 aromatic heterocycles. The van der Waals surface area contributed by atoms with Gasteiger partial charge in [-0.15, -0.1) is 0 Å². The van der Waals surface area contributed by atoms with E-state index in [4.69, 9.17) is 28.6 Å². The average molecular weight is 413 g/mol. The van der Waals surface area contributed by atoms with Gasteiger partial charge < -0.3 is 20.1 Å². The summed E-state index contributed by atoms with van der Waals surface area (Å²) in [5.74, 6) is 0.943. The van der Waals surface area contributed by atoms with Gasteiger partial charge in [-0.3, -0.25) is 0 Å². The van der Waals surface area contributed by atoms with Crippen LogP contribution in [0.25, 0.3) is 0 Å². The first-order valence-electron chi connectivity index (χ1n) is 8.74.